The highest BCUT2D eigenvalue weighted by Gasteiger charge is 2.29. The molecule has 2 fully saturated rings. The minimum absolute atomic E-state index is 0.808. The Morgan fingerprint density at radius 3 is 2.82 bits per heavy atom. The van der Waals surface area contributed by atoms with Crippen LogP contribution in [0.2, 0.25) is 0 Å². The lowest BCUT2D eigenvalue weighted by Crippen LogP contribution is -2.34. The average molecular weight is 234 g/mol. The third-order valence-electron chi connectivity index (χ3n) is 3.71. The van der Waals surface area contributed by atoms with E-state index in [-0.39, 0.29) is 0 Å². The molecule has 0 unspecified atom stereocenters. The van der Waals surface area contributed by atoms with Crippen molar-refractivity contribution in [2.75, 3.05) is 19.6 Å². The van der Waals surface area contributed by atoms with Crippen molar-refractivity contribution >= 4 is 0 Å². The zero-order valence-corrected chi connectivity index (χ0v) is 10.4. The first-order valence-corrected chi connectivity index (χ1v) is 6.89. The molecule has 2 aliphatic carbocycles. The molecule has 1 aromatic heterocycles. The van der Waals surface area contributed by atoms with Crippen LogP contribution in [0, 0.1) is 5.92 Å². The van der Waals surface area contributed by atoms with Gasteiger partial charge in [-0.05, 0) is 50.3 Å². The average Bonchev–Trinajstić information content (AvgIpc) is 3.24. The van der Waals surface area contributed by atoms with Gasteiger partial charge in [-0.3, -0.25) is 4.90 Å². The predicted molar refractivity (Wildman–Crippen MR) is 67.7 cm³/mol. The molecule has 1 heterocycles. The zero-order valence-electron chi connectivity index (χ0n) is 10.4. The molecular weight excluding hydrogens is 212 g/mol. The van der Waals surface area contributed by atoms with Gasteiger partial charge in [0.25, 0.3) is 0 Å². The van der Waals surface area contributed by atoms with Gasteiger partial charge >= 0.3 is 0 Å². The maximum absolute atomic E-state index is 5.43. The van der Waals surface area contributed by atoms with Gasteiger partial charge in [0.15, 0.2) is 0 Å². The summed E-state index contributed by atoms with van der Waals surface area (Å²) in [4.78, 5) is 2.55. The Kier molecular flexibility index (Phi) is 3.48. The normalized spacial score (nSPS) is 20.1. The first kappa shape index (κ1) is 11.3. The van der Waals surface area contributed by atoms with Crippen molar-refractivity contribution in [3.63, 3.8) is 0 Å². The fourth-order valence-corrected chi connectivity index (χ4v) is 2.28. The molecule has 2 saturated carbocycles. The number of rotatable bonds is 8. The van der Waals surface area contributed by atoms with Gasteiger partial charge in [-0.1, -0.05) is 0 Å². The quantitative estimate of drug-likeness (QED) is 0.699. The molecule has 0 atom stereocenters. The van der Waals surface area contributed by atoms with Crippen LogP contribution in [-0.2, 0) is 6.54 Å². The molecule has 0 aromatic carbocycles. The van der Waals surface area contributed by atoms with Crippen molar-refractivity contribution in [1.29, 1.82) is 0 Å². The lowest BCUT2D eigenvalue weighted by molar-refractivity contribution is 0.233. The SMILES string of the molecule is c1coc(CN(CCNCC2CC2)C2CC2)c1. The van der Waals surface area contributed by atoms with Gasteiger partial charge in [-0.25, -0.2) is 0 Å². The van der Waals surface area contributed by atoms with Crippen LogP contribution < -0.4 is 5.32 Å². The molecule has 94 valence electrons. The molecule has 2 aliphatic rings. The van der Waals surface area contributed by atoms with E-state index >= 15 is 0 Å². The molecule has 3 heteroatoms. The summed E-state index contributed by atoms with van der Waals surface area (Å²) in [6.07, 6.45) is 7.37. The van der Waals surface area contributed by atoms with Gasteiger partial charge < -0.3 is 9.73 Å². The molecule has 0 aliphatic heterocycles. The fraction of sp³-hybridized carbons (Fsp3) is 0.714. The van der Waals surface area contributed by atoms with E-state index in [1.54, 1.807) is 6.26 Å². The second-order valence-electron chi connectivity index (χ2n) is 5.43. The van der Waals surface area contributed by atoms with Crippen LogP contribution in [0.15, 0.2) is 22.8 Å². The highest BCUT2D eigenvalue weighted by molar-refractivity contribution is 4.99. The molecule has 3 nitrogen and oxygen atoms in total. The van der Waals surface area contributed by atoms with E-state index in [1.807, 2.05) is 6.07 Å². The Labute approximate surface area is 103 Å². The van der Waals surface area contributed by atoms with Crippen molar-refractivity contribution in [1.82, 2.24) is 10.2 Å². The van der Waals surface area contributed by atoms with E-state index < -0.39 is 0 Å². The number of nitrogens with one attached hydrogen (secondary N) is 1. The summed E-state index contributed by atoms with van der Waals surface area (Å²) in [5.41, 5.74) is 0. The molecule has 17 heavy (non-hydrogen) atoms. The molecule has 0 radical (unpaired) electrons. The van der Waals surface area contributed by atoms with Gasteiger partial charge in [0.2, 0.25) is 0 Å². The van der Waals surface area contributed by atoms with E-state index in [1.165, 1.54) is 32.2 Å². The van der Waals surface area contributed by atoms with Gasteiger partial charge in [-0.2, -0.15) is 0 Å². The molecule has 1 N–H and O–H groups in total. The maximum Gasteiger partial charge on any atom is 0.117 e. The second kappa shape index (κ2) is 5.23. The summed E-state index contributed by atoms with van der Waals surface area (Å²) in [7, 11) is 0. The number of nitrogens with zero attached hydrogens (tertiary/aromatic N) is 1. The van der Waals surface area contributed by atoms with E-state index in [2.05, 4.69) is 16.3 Å². The molecule has 0 amide bonds. The van der Waals surface area contributed by atoms with Gasteiger partial charge in [0.05, 0.1) is 12.8 Å². The zero-order chi connectivity index (χ0) is 11.5. The van der Waals surface area contributed by atoms with Crippen LogP contribution >= 0.6 is 0 Å². The van der Waals surface area contributed by atoms with Crippen molar-refractivity contribution in [2.24, 2.45) is 5.92 Å². The smallest absolute Gasteiger partial charge is 0.117 e. The summed E-state index contributed by atoms with van der Waals surface area (Å²) >= 11 is 0. The molecule has 3 rings (SSSR count). The molecule has 0 saturated heterocycles. The Balaban J connectivity index is 1.39. The number of hydrogen-bond acceptors (Lipinski definition) is 3. The Hall–Kier alpha value is -0.800. The second-order valence-corrected chi connectivity index (χ2v) is 5.43. The van der Waals surface area contributed by atoms with Crippen LogP contribution in [0.5, 0.6) is 0 Å². The molecule has 0 spiro atoms. The Bertz CT molecular complexity index is 328. The standard InChI is InChI=1S/C14H22N2O/c1-2-14(17-9-1)11-16(13-5-6-13)8-7-15-10-12-3-4-12/h1-2,9,12-13,15H,3-8,10-11H2. The van der Waals surface area contributed by atoms with Gasteiger partial charge in [-0.15, -0.1) is 0 Å². The van der Waals surface area contributed by atoms with Crippen molar-refractivity contribution < 1.29 is 4.42 Å². The lowest BCUT2D eigenvalue weighted by atomic mass is 10.3. The van der Waals surface area contributed by atoms with Crippen LogP contribution in [0.4, 0.5) is 0 Å². The highest BCUT2D eigenvalue weighted by atomic mass is 16.3. The topological polar surface area (TPSA) is 28.4 Å². The van der Waals surface area contributed by atoms with E-state index in [0.29, 0.717) is 0 Å². The third-order valence-corrected chi connectivity index (χ3v) is 3.71. The molecule has 1 aromatic rings. The summed E-state index contributed by atoms with van der Waals surface area (Å²) in [5.74, 6) is 2.08. The molecule has 0 bridgehead atoms. The summed E-state index contributed by atoms with van der Waals surface area (Å²) in [6.45, 7) is 4.47. The first-order chi connectivity index (χ1) is 8.42. The minimum Gasteiger partial charge on any atom is -0.468 e. The Morgan fingerprint density at radius 2 is 2.18 bits per heavy atom. The van der Waals surface area contributed by atoms with Crippen molar-refractivity contribution in [3.8, 4) is 0 Å². The van der Waals surface area contributed by atoms with E-state index in [9.17, 15) is 0 Å². The largest absolute Gasteiger partial charge is 0.468 e. The summed E-state index contributed by atoms with van der Waals surface area (Å²) in [5, 5.41) is 3.57. The number of furan rings is 1. The van der Waals surface area contributed by atoms with E-state index in [4.69, 9.17) is 4.42 Å². The third kappa shape index (κ3) is 3.58. The Morgan fingerprint density at radius 1 is 1.29 bits per heavy atom. The fourth-order valence-electron chi connectivity index (χ4n) is 2.28. The van der Waals surface area contributed by atoms with E-state index in [0.717, 1.165) is 37.4 Å². The van der Waals surface area contributed by atoms with Crippen LogP contribution in [0.1, 0.15) is 31.4 Å². The van der Waals surface area contributed by atoms with Crippen LogP contribution in [-0.4, -0.2) is 30.6 Å². The highest BCUT2D eigenvalue weighted by Crippen LogP contribution is 2.28. The minimum atomic E-state index is 0.808. The predicted octanol–water partition coefficient (Wildman–Crippen LogP) is 2.24. The number of hydrogen-bond donors (Lipinski definition) is 1. The maximum atomic E-state index is 5.43. The summed E-state index contributed by atoms with van der Waals surface area (Å²) in [6, 6.07) is 4.86. The van der Waals surface area contributed by atoms with Crippen LogP contribution in [0.25, 0.3) is 0 Å². The van der Waals surface area contributed by atoms with Gasteiger partial charge in [0.1, 0.15) is 5.76 Å². The van der Waals surface area contributed by atoms with Crippen molar-refractivity contribution in [3.05, 3.63) is 24.2 Å². The van der Waals surface area contributed by atoms with Crippen molar-refractivity contribution in [2.45, 2.75) is 38.3 Å². The summed E-state index contributed by atoms with van der Waals surface area (Å²) < 4.78 is 5.43. The first-order valence-electron chi connectivity index (χ1n) is 6.89. The molecular formula is C14H22N2O. The van der Waals surface area contributed by atoms with Crippen LogP contribution in [0.3, 0.4) is 0 Å². The lowest BCUT2D eigenvalue weighted by Gasteiger charge is -2.20. The van der Waals surface area contributed by atoms with Gasteiger partial charge in [0, 0.05) is 19.1 Å². The monoisotopic (exact) mass is 234 g/mol.